The number of carbonyl (C=O) groups excluding carboxylic acids is 2. The van der Waals surface area contributed by atoms with Crippen molar-refractivity contribution in [1.29, 1.82) is 0 Å². The highest BCUT2D eigenvalue weighted by Crippen LogP contribution is 2.24. The molecule has 0 bridgehead atoms. The quantitative estimate of drug-likeness (QED) is 0.530. The molecular weight excluding hydrogens is 370 g/mol. The molecular formula is C19H16ClN3O2S. The summed E-state index contributed by atoms with van der Waals surface area (Å²) >= 11 is 7.11. The Balaban J connectivity index is 1.55. The number of pyridine rings is 1. The van der Waals surface area contributed by atoms with Crippen molar-refractivity contribution in [1.82, 2.24) is 15.8 Å². The molecule has 2 aromatic carbocycles. The minimum absolute atomic E-state index is 0.146. The van der Waals surface area contributed by atoms with Crippen LogP contribution in [-0.2, 0) is 4.79 Å². The van der Waals surface area contributed by atoms with E-state index < -0.39 is 5.91 Å². The fourth-order valence-electron chi connectivity index (χ4n) is 2.32. The lowest BCUT2D eigenvalue weighted by atomic mass is 10.2. The first-order valence-corrected chi connectivity index (χ1v) is 9.23. The van der Waals surface area contributed by atoms with Gasteiger partial charge in [0.05, 0.1) is 11.3 Å². The number of hydrogen-bond acceptors (Lipinski definition) is 4. The Hall–Kier alpha value is -2.57. The Morgan fingerprint density at radius 2 is 1.81 bits per heavy atom. The summed E-state index contributed by atoms with van der Waals surface area (Å²) in [5.74, 6) is -0.570. The second kappa shape index (κ2) is 8.21. The predicted octanol–water partition coefficient (Wildman–Crippen LogP) is 3.75. The maximum absolute atomic E-state index is 12.0. The van der Waals surface area contributed by atoms with E-state index in [0.717, 1.165) is 21.5 Å². The van der Waals surface area contributed by atoms with Crippen LogP contribution in [0.25, 0.3) is 10.9 Å². The molecule has 0 atom stereocenters. The highest BCUT2D eigenvalue weighted by atomic mass is 35.5. The number of aromatic nitrogens is 1. The van der Waals surface area contributed by atoms with E-state index in [1.165, 1.54) is 11.8 Å². The summed E-state index contributed by atoms with van der Waals surface area (Å²) < 4.78 is 0. The van der Waals surface area contributed by atoms with Gasteiger partial charge in [-0.25, -0.2) is 4.98 Å². The largest absolute Gasteiger partial charge is 0.272 e. The van der Waals surface area contributed by atoms with E-state index in [4.69, 9.17) is 11.6 Å². The molecule has 0 saturated heterocycles. The number of para-hydroxylation sites is 1. The molecule has 0 saturated carbocycles. The van der Waals surface area contributed by atoms with Crippen LogP contribution in [0.4, 0.5) is 0 Å². The van der Waals surface area contributed by atoms with Gasteiger partial charge >= 0.3 is 0 Å². The molecule has 1 heterocycles. The van der Waals surface area contributed by atoms with Crippen LogP contribution in [0.3, 0.4) is 0 Å². The maximum atomic E-state index is 12.0. The molecule has 0 fully saturated rings. The number of hydrogen-bond donors (Lipinski definition) is 2. The van der Waals surface area contributed by atoms with Gasteiger partial charge in [-0.2, -0.15) is 0 Å². The van der Waals surface area contributed by atoms with Crippen LogP contribution in [0, 0.1) is 6.92 Å². The number of fused-ring (bicyclic) bond motifs is 1. The normalized spacial score (nSPS) is 10.5. The van der Waals surface area contributed by atoms with Gasteiger partial charge in [-0.05, 0) is 48.9 Å². The van der Waals surface area contributed by atoms with Crippen LogP contribution < -0.4 is 10.9 Å². The second-order valence-electron chi connectivity index (χ2n) is 5.60. The first-order chi connectivity index (χ1) is 12.5. The average Bonchev–Trinajstić information content (AvgIpc) is 2.65. The van der Waals surface area contributed by atoms with Gasteiger partial charge in [-0.15, -0.1) is 0 Å². The van der Waals surface area contributed by atoms with Gasteiger partial charge in [0.25, 0.3) is 5.91 Å². The first kappa shape index (κ1) is 18.2. The van der Waals surface area contributed by atoms with Crippen molar-refractivity contribution in [2.75, 3.05) is 5.75 Å². The monoisotopic (exact) mass is 385 g/mol. The van der Waals surface area contributed by atoms with E-state index in [9.17, 15) is 9.59 Å². The molecule has 0 radical (unpaired) electrons. The number of amides is 2. The summed E-state index contributed by atoms with van der Waals surface area (Å²) in [7, 11) is 0. The summed E-state index contributed by atoms with van der Waals surface area (Å²) in [5.41, 5.74) is 7.09. The zero-order valence-electron chi connectivity index (χ0n) is 14.0. The van der Waals surface area contributed by atoms with Crippen LogP contribution >= 0.6 is 23.4 Å². The molecule has 2 amide bonds. The maximum Gasteiger partial charge on any atom is 0.269 e. The number of rotatable bonds is 4. The van der Waals surface area contributed by atoms with Crippen molar-refractivity contribution in [3.05, 3.63) is 70.7 Å². The Morgan fingerprint density at radius 3 is 2.58 bits per heavy atom. The van der Waals surface area contributed by atoms with E-state index in [1.807, 2.05) is 37.3 Å². The minimum atomic E-state index is -0.403. The molecule has 132 valence electrons. The van der Waals surface area contributed by atoms with Crippen molar-refractivity contribution >= 4 is 46.1 Å². The first-order valence-electron chi connectivity index (χ1n) is 7.87. The second-order valence-corrected chi connectivity index (χ2v) is 7.00. The summed E-state index contributed by atoms with van der Waals surface area (Å²) in [6.07, 6.45) is 0. The average molecular weight is 386 g/mol. The number of benzene rings is 2. The number of aryl methyl sites for hydroxylation is 1. The molecule has 3 rings (SSSR count). The Morgan fingerprint density at radius 1 is 1.08 bits per heavy atom. The highest BCUT2D eigenvalue weighted by molar-refractivity contribution is 7.99. The molecule has 0 aliphatic heterocycles. The number of carbonyl (C=O) groups is 2. The topological polar surface area (TPSA) is 71.1 Å². The van der Waals surface area contributed by atoms with Crippen molar-refractivity contribution in [2.45, 2.75) is 11.9 Å². The molecule has 0 aliphatic carbocycles. The SMILES string of the molecule is Cc1cc2ccccc2nc1SCC(=O)NNC(=O)c1ccc(Cl)cc1. The molecule has 5 nitrogen and oxygen atoms in total. The molecule has 0 unspecified atom stereocenters. The van der Waals surface area contributed by atoms with E-state index in [-0.39, 0.29) is 11.7 Å². The zero-order valence-corrected chi connectivity index (χ0v) is 15.5. The van der Waals surface area contributed by atoms with Gasteiger partial charge in [-0.3, -0.25) is 20.4 Å². The third kappa shape index (κ3) is 4.53. The van der Waals surface area contributed by atoms with Gasteiger partial charge in [0.2, 0.25) is 5.91 Å². The van der Waals surface area contributed by atoms with Gasteiger partial charge in [0, 0.05) is 16.0 Å². The van der Waals surface area contributed by atoms with Crippen LogP contribution in [0.5, 0.6) is 0 Å². The lowest BCUT2D eigenvalue weighted by Crippen LogP contribution is -2.42. The van der Waals surface area contributed by atoms with Crippen molar-refractivity contribution in [3.8, 4) is 0 Å². The summed E-state index contributed by atoms with van der Waals surface area (Å²) in [6, 6.07) is 16.3. The van der Waals surface area contributed by atoms with E-state index in [2.05, 4.69) is 15.8 Å². The van der Waals surface area contributed by atoms with E-state index >= 15 is 0 Å². The number of nitrogens with zero attached hydrogens (tertiary/aromatic N) is 1. The predicted molar refractivity (Wildman–Crippen MR) is 104 cm³/mol. The third-order valence-electron chi connectivity index (χ3n) is 3.63. The van der Waals surface area contributed by atoms with Crippen molar-refractivity contribution < 1.29 is 9.59 Å². The third-order valence-corrected chi connectivity index (χ3v) is 4.98. The van der Waals surface area contributed by atoms with Gasteiger partial charge in [0.15, 0.2) is 0 Å². The lowest BCUT2D eigenvalue weighted by molar-refractivity contribution is -0.119. The minimum Gasteiger partial charge on any atom is -0.272 e. The number of thioether (sulfide) groups is 1. The smallest absolute Gasteiger partial charge is 0.269 e. The molecule has 3 aromatic rings. The van der Waals surface area contributed by atoms with E-state index in [0.29, 0.717) is 10.6 Å². The molecule has 1 aromatic heterocycles. The molecule has 7 heteroatoms. The lowest BCUT2D eigenvalue weighted by Gasteiger charge is -2.09. The van der Waals surface area contributed by atoms with Crippen LogP contribution in [-0.4, -0.2) is 22.6 Å². The van der Waals surface area contributed by atoms with Crippen molar-refractivity contribution in [3.63, 3.8) is 0 Å². The Bertz CT molecular complexity index is 961. The molecule has 0 aliphatic rings. The van der Waals surface area contributed by atoms with Crippen LogP contribution in [0.15, 0.2) is 59.6 Å². The Kier molecular flexibility index (Phi) is 5.75. The zero-order chi connectivity index (χ0) is 18.5. The van der Waals surface area contributed by atoms with Crippen LogP contribution in [0.1, 0.15) is 15.9 Å². The fourth-order valence-corrected chi connectivity index (χ4v) is 3.24. The number of hydrazine groups is 1. The molecule has 0 spiro atoms. The summed E-state index contributed by atoms with van der Waals surface area (Å²) in [5, 5.41) is 2.40. The van der Waals surface area contributed by atoms with Crippen LogP contribution in [0.2, 0.25) is 5.02 Å². The molecule has 2 N–H and O–H groups in total. The van der Waals surface area contributed by atoms with Gasteiger partial charge in [-0.1, -0.05) is 41.6 Å². The fraction of sp³-hybridized carbons (Fsp3) is 0.105. The molecule has 26 heavy (non-hydrogen) atoms. The van der Waals surface area contributed by atoms with E-state index in [1.54, 1.807) is 24.3 Å². The highest BCUT2D eigenvalue weighted by Gasteiger charge is 2.10. The number of nitrogens with one attached hydrogen (secondary N) is 2. The van der Waals surface area contributed by atoms with Gasteiger partial charge in [0.1, 0.15) is 5.03 Å². The number of halogens is 1. The standard InChI is InChI=1S/C19H16ClN3O2S/c1-12-10-14-4-2-3-5-16(14)21-19(12)26-11-17(24)22-23-18(25)13-6-8-15(20)9-7-13/h2-10H,11H2,1H3,(H,22,24)(H,23,25). The summed E-state index contributed by atoms with van der Waals surface area (Å²) in [6.45, 7) is 1.96. The Labute approximate surface area is 160 Å². The van der Waals surface area contributed by atoms with Gasteiger partial charge < -0.3 is 0 Å². The van der Waals surface area contributed by atoms with Crippen molar-refractivity contribution in [2.24, 2.45) is 0 Å². The summed E-state index contributed by atoms with van der Waals surface area (Å²) in [4.78, 5) is 28.5.